The molecule has 0 atom stereocenters. The van der Waals surface area contributed by atoms with Crippen molar-refractivity contribution in [3.8, 4) is 22.7 Å². The minimum Gasteiger partial charge on any atom is -0.490 e. The van der Waals surface area contributed by atoms with E-state index in [0.29, 0.717) is 6.61 Å². The lowest BCUT2D eigenvalue weighted by molar-refractivity contribution is 0.363. The summed E-state index contributed by atoms with van der Waals surface area (Å²) in [5.41, 5.74) is 5.13. The zero-order valence-corrected chi connectivity index (χ0v) is 16.9. The molecule has 0 aliphatic heterocycles. The van der Waals surface area contributed by atoms with Crippen LogP contribution in [0.4, 0.5) is 5.82 Å². The van der Waals surface area contributed by atoms with Gasteiger partial charge in [0.2, 0.25) is 0 Å². The molecule has 4 heteroatoms. The fourth-order valence-electron chi connectivity index (χ4n) is 3.03. The summed E-state index contributed by atoms with van der Waals surface area (Å²) >= 11 is 0. The minimum atomic E-state index is 0.492. The van der Waals surface area contributed by atoms with Crippen LogP contribution in [0.3, 0.4) is 0 Å². The minimum absolute atomic E-state index is 0.492. The van der Waals surface area contributed by atoms with E-state index in [4.69, 9.17) is 14.8 Å². The maximum absolute atomic E-state index is 5.53. The van der Waals surface area contributed by atoms with Gasteiger partial charge in [-0.15, -0.1) is 0 Å². The molecule has 148 valence electrons. The molecule has 0 aliphatic carbocycles. The summed E-state index contributed by atoms with van der Waals surface area (Å²) in [6, 6.07) is 28.2. The monoisotopic (exact) mass is 393 g/mol. The summed E-state index contributed by atoms with van der Waals surface area (Å²) in [4.78, 5) is 4.73. The standard InChI is InChI=1S/C26H23N3O/c1-3-17-30-24-15-11-21(12-16-24)19-27-26-18-25(22-13-9-20(2)10-14-22)28-29(26)23-7-5-4-6-8-23/h3-16,18-19H,1,17H2,2H3/b27-19+. The average molecular weight is 393 g/mol. The van der Waals surface area contributed by atoms with Gasteiger partial charge in [0, 0.05) is 17.8 Å². The number of aliphatic imine (C=N–C) groups is 1. The van der Waals surface area contributed by atoms with E-state index in [2.05, 4.69) is 37.8 Å². The maximum Gasteiger partial charge on any atom is 0.156 e. The van der Waals surface area contributed by atoms with Crippen LogP contribution in [-0.2, 0) is 0 Å². The molecule has 0 saturated heterocycles. The van der Waals surface area contributed by atoms with Gasteiger partial charge in [-0.05, 0) is 48.9 Å². The first kappa shape index (κ1) is 19.4. The molecule has 0 fully saturated rings. The molecule has 1 aromatic heterocycles. The van der Waals surface area contributed by atoms with Crippen LogP contribution in [0.1, 0.15) is 11.1 Å². The fourth-order valence-corrected chi connectivity index (χ4v) is 3.03. The Morgan fingerprint density at radius 1 is 0.967 bits per heavy atom. The number of ether oxygens (including phenoxy) is 1. The fraction of sp³-hybridized carbons (Fsp3) is 0.0769. The molecule has 1 heterocycles. The summed E-state index contributed by atoms with van der Waals surface area (Å²) in [7, 11) is 0. The SMILES string of the molecule is C=CCOc1ccc(/C=N/c2cc(-c3ccc(C)cc3)nn2-c2ccccc2)cc1. The first-order chi connectivity index (χ1) is 14.7. The van der Waals surface area contributed by atoms with Crippen molar-refractivity contribution in [3.05, 3.63) is 109 Å². The Balaban J connectivity index is 1.66. The van der Waals surface area contributed by atoms with E-state index < -0.39 is 0 Å². The predicted octanol–water partition coefficient (Wildman–Crippen LogP) is 6.16. The molecule has 0 N–H and O–H groups in total. The number of aromatic nitrogens is 2. The number of hydrogen-bond acceptors (Lipinski definition) is 3. The summed E-state index contributed by atoms with van der Waals surface area (Å²) < 4.78 is 7.40. The number of aryl methyl sites for hydroxylation is 1. The molecular formula is C26H23N3O. The normalized spacial score (nSPS) is 11.0. The van der Waals surface area contributed by atoms with Gasteiger partial charge in [-0.1, -0.05) is 60.7 Å². The second kappa shape index (κ2) is 9.05. The molecule has 0 saturated carbocycles. The van der Waals surface area contributed by atoms with Gasteiger partial charge in [0.1, 0.15) is 12.4 Å². The lowest BCUT2D eigenvalue weighted by Gasteiger charge is -2.04. The summed E-state index contributed by atoms with van der Waals surface area (Å²) in [6.45, 7) is 6.23. The molecule has 30 heavy (non-hydrogen) atoms. The van der Waals surface area contributed by atoms with Crippen LogP contribution in [0.25, 0.3) is 16.9 Å². The van der Waals surface area contributed by atoms with Crippen LogP contribution in [0.2, 0.25) is 0 Å². The molecule has 0 aliphatic rings. The van der Waals surface area contributed by atoms with Gasteiger partial charge in [-0.25, -0.2) is 9.67 Å². The van der Waals surface area contributed by atoms with Gasteiger partial charge < -0.3 is 4.74 Å². The van der Waals surface area contributed by atoms with Crippen molar-refractivity contribution in [1.82, 2.24) is 9.78 Å². The molecule has 4 nitrogen and oxygen atoms in total. The van der Waals surface area contributed by atoms with Crippen molar-refractivity contribution in [2.45, 2.75) is 6.92 Å². The highest BCUT2D eigenvalue weighted by Gasteiger charge is 2.10. The van der Waals surface area contributed by atoms with Crippen LogP contribution in [-0.4, -0.2) is 22.6 Å². The van der Waals surface area contributed by atoms with Crippen LogP contribution < -0.4 is 4.74 Å². The summed E-state index contributed by atoms with van der Waals surface area (Å²) in [6.07, 6.45) is 3.57. The quantitative estimate of drug-likeness (QED) is 0.278. The largest absolute Gasteiger partial charge is 0.490 e. The third-order valence-corrected chi connectivity index (χ3v) is 4.63. The Morgan fingerprint density at radius 3 is 2.40 bits per heavy atom. The topological polar surface area (TPSA) is 39.4 Å². The number of nitrogens with zero attached hydrogens (tertiary/aromatic N) is 3. The lowest BCUT2D eigenvalue weighted by Crippen LogP contribution is -1.96. The van der Waals surface area contributed by atoms with Gasteiger partial charge in [-0.2, -0.15) is 5.10 Å². The molecule has 4 rings (SSSR count). The molecule has 0 amide bonds. The Kier molecular flexibility index (Phi) is 5.85. The third kappa shape index (κ3) is 4.55. The van der Waals surface area contributed by atoms with E-state index >= 15 is 0 Å². The summed E-state index contributed by atoms with van der Waals surface area (Å²) in [5.74, 6) is 1.58. The van der Waals surface area contributed by atoms with Gasteiger partial charge in [0.25, 0.3) is 0 Å². The Labute approximate surface area is 176 Å². The smallest absolute Gasteiger partial charge is 0.156 e. The van der Waals surface area contributed by atoms with Crippen LogP contribution in [0, 0.1) is 6.92 Å². The zero-order valence-electron chi connectivity index (χ0n) is 16.9. The molecule has 0 unspecified atom stereocenters. The number of hydrogen-bond donors (Lipinski definition) is 0. The first-order valence-corrected chi connectivity index (χ1v) is 9.83. The lowest BCUT2D eigenvalue weighted by atomic mass is 10.1. The van der Waals surface area contributed by atoms with E-state index in [0.717, 1.165) is 34.1 Å². The Bertz CT molecular complexity index is 1140. The van der Waals surface area contributed by atoms with E-state index in [1.165, 1.54) is 5.56 Å². The van der Waals surface area contributed by atoms with Gasteiger partial charge in [0.15, 0.2) is 5.82 Å². The average Bonchev–Trinajstić information content (AvgIpc) is 3.22. The molecule has 4 aromatic rings. The number of rotatable bonds is 7. The third-order valence-electron chi connectivity index (χ3n) is 4.63. The molecule has 0 bridgehead atoms. The van der Waals surface area contributed by atoms with Crippen LogP contribution >= 0.6 is 0 Å². The molecule has 0 spiro atoms. The maximum atomic E-state index is 5.53. The zero-order chi connectivity index (χ0) is 20.8. The second-order valence-electron chi connectivity index (χ2n) is 6.93. The van der Waals surface area contributed by atoms with E-state index in [9.17, 15) is 0 Å². The van der Waals surface area contributed by atoms with Crippen molar-refractivity contribution in [3.63, 3.8) is 0 Å². The Morgan fingerprint density at radius 2 is 1.70 bits per heavy atom. The molecule has 0 radical (unpaired) electrons. The van der Waals surface area contributed by atoms with E-state index in [1.807, 2.05) is 71.6 Å². The van der Waals surface area contributed by atoms with Crippen molar-refractivity contribution < 1.29 is 4.74 Å². The summed E-state index contributed by atoms with van der Waals surface area (Å²) in [5, 5.41) is 4.81. The number of para-hydroxylation sites is 1. The highest BCUT2D eigenvalue weighted by Crippen LogP contribution is 2.27. The van der Waals surface area contributed by atoms with Crippen LogP contribution in [0.15, 0.2) is 103 Å². The highest BCUT2D eigenvalue weighted by molar-refractivity contribution is 5.82. The molecular weight excluding hydrogens is 370 g/mol. The van der Waals surface area contributed by atoms with Crippen molar-refractivity contribution >= 4 is 12.0 Å². The predicted molar refractivity (Wildman–Crippen MR) is 123 cm³/mol. The van der Waals surface area contributed by atoms with Crippen molar-refractivity contribution in [2.75, 3.05) is 6.61 Å². The second-order valence-corrected chi connectivity index (χ2v) is 6.93. The van der Waals surface area contributed by atoms with Crippen molar-refractivity contribution in [2.24, 2.45) is 4.99 Å². The Hall–Kier alpha value is -3.92. The van der Waals surface area contributed by atoms with Gasteiger partial charge >= 0.3 is 0 Å². The highest BCUT2D eigenvalue weighted by atomic mass is 16.5. The van der Waals surface area contributed by atoms with E-state index in [1.54, 1.807) is 6.08 Å². The van der Waals surface area contributed by atoms with Gasteiger partial charge in [-0.3, -0.25) is 0 Å². The molecule has 3 aromatic carbocycles. The number of benzene rings is 3. The van der Waals surface area contributed by atoms with E-state index in [-0.39, 0.29) is 0 Å². The van der Waals surface area contributed by atoms with Gasteiger partial charge in [0.05, 0.1) is 11.4 Å². The van der Waals surface area contributed by atoms with Crippen LogP contribution in [0.5, 0.6) is 5.75 Å². The van der Waals surface area contributed by atoms with Crippen molar-refractivity contribution in [1.29, 1.82) is 0 Å². The first-order valence-electron chi connectivity index (χ1n) is 9.83.